The van der Waals surface area contributed by atoms with Crippen molar-refractivity contribution in [3.63, 3.8) is 0 Å². The normalized spacial score (nSPS) is 13.9. The lowest BCUT2D eigenvalue weighted by Gasteiger charge is -2.22. The molecule has 2 heteroatoms. The van der Waals surface area contributed by atoms with Crippen molar-refractivity contribution >= 4 is 0 Å². The van der Waals surface area contributed by atoms with Gasteiger partial charge in [-0.15, -0.1) is 0 Å². The highest BCUT2D eigenvalue weighted by Gasteiger charge is 2.09. The van der Waals surface area contributed by atoms with Crippen LogP contribution >= 0.6 is 0 Å². The smallest absolute Gasteiger partial charge is 0.0194 e. The molecule has 0 fully saturated rings. The summed E-state index contributed by atoms with van der Waals surface area (Å²) in [6, 6.07) is 1.23. The Bertz CT molecular complexity index is 121. The van der Waals surface area contributed by atoms with Crippen molar-refractivity contribution in [3.05, 3.63) is 0 Å². The minimum absolute atomic E-state index is 0.589. The Morgan fingerprint density at radius 2 is 1.64 bits per heavy atom. The van der Waals surface area contributed by atoms with Crippen LogP contribution in [-0.2, 0) is 0 Å². The summed E-state index contributed by atoms with van der Waals surface area (Å²) >= 11 is 0. The molecule has 2 N–H and O–H groups in total. The molecule has 0 bridgehead atoms. The van der Waals surface area contributed by atoms with Gasteiger partial charge in [-0.1, -0.05) is 34.6 Å². The van der Waals surface area contributed by atoms with E-state index >= 15 is 0 Å². The van der Waals surface area contributed by atoms with Crippen LogP contribution in [0, 0.1) is 5.92 Å². The molecule has 14 heavy (non-hydrogen) atoms. The second-order valence-electron chi connectivity index (χ2n) is 4.80. The third-order valence-corrected chi connectivity index (χ3v) is 2.30. The van der Waals surface area contributed by atoms with E-state index in [0.717, 1.165) is 19.0 Å². The fourth-order valence-electron chi connectivity index (χ4n) is 1.57. The van der Waals surface area contributed by atoms with Gasteiger partial charge in [0.15, 0.2) is 0 Å². The zero-order valence-electron chi connectivity index (χ0n) is 10.6. The second-order valence-corrected chi connectivity index (χ2v) is 4.80. The van der Waals surface area contributed by atoms with Gasteiger partial charge in [-0.25, -0.2) is 0 Å². The van der Waals surface area contributed by atoms with E-state index in [1.165, 1.54) is 12.8 Å². The number of hydrogen-bond donors (Lipinski definition) is 2. The molecule has 0 aromatic carbocycles. The van der Waals surface area contributed by atoms with Gasteiger partial charge in [-0.05, 0) is 25.3 Å². The van der Waals surface area contributed by atoms with Gasteiger partial charge in [0.25, 0.3) is 0 Å². The molecule has 1 unspecified atom stereocenters. The van der Waals surface area contributed by atoms with Crippen LogP contribution in [0.15, 0.2) is 0 Å². The third kappa shape index (κ3) is 8.52. The van der Waals surface area contributed by atoms with Crippen molar-refractivity contribution in [1.82, 2.24) is 10.6 Å². The fraction of sp³-hybridized carbons (Fsp3) is 1.00. The number of nitrogens with one attached hydrogen (secondary N) is 2. The molecule has 0 saturated heterocycles. The average molecular weight is 200 g/mol. The van der Waals surface area contributed by atoms with Gasteiger partial charge in [0, 0.05) is 18.6 Å². The molecule has 0 heterocycles. The van der Waals surface area contributed by atoms with Crippen molar-refractivity contribution in [3.8, 4) is 0 Å². The van der Waals surface area contributed by atoms with E-state index in [0.29, 0.717) is 12.1 Å². The Hall–Kier alpha value is -0.0800. The quantitative estimate of drug-likeness (QED) is 0.629. The Morgan fingerprint density at radius 1 is 1.00 bits per heavy atom. The molecular weight excluding hydrogens is 172 g/mol. The molecule has 86 valence electrons. The van der Waals surface area contributed by atoms with Crippen molar-refractivity contribution in [2.24, 2.45) is 5.92 Å². The van der Waals surface area contributed by atoms with Crippen LogP contribution in [0.25, 0.3) is 0 Å². The molecule has 0 aliphatic carbocycles. The molecule has 0 aromatic heterocycles. The molecule has 0 aliphatic heterocycles. The monoisotopic (exact) mass is 200 g/mol. The van der Waals surface area contributed by atoms with E-state index in [1.807, 2.05) is 0 Å². The van der Waals surface area contributed by atoms with E-state index < -0.39 is 0 Å². The van der Waals surface area contributed by atoms with Crippen LogP contribution in [0.3, 0.4) is 0 Å². The third-order valence-electron chi connectivity index (χ3n) is 2.30. The zero-order valence-corrected chi connectivity index (χ0v) is 10.6. The lowest BCUT2D eigenvalue weighted by atomic mass is 10.0. The highest BCUT2D eigenvalue weighted by molar-refractivity contribution is 4.72. The van der Waals surface area contributed by atoms with Gasteiger partial charge in [0.05, 0.1) is 0 Å². The summed E-state index contributed by atoms with van der Waals surface area (Å²) in [5.41, 5.74) is 0. The molecule has 0 aromatic rings. The molecule has 0 saturated carbocycles. The maximum atomic E-state index is 3.61. The molecule has 1 atom stereocenters. The summed E-state index contributed by atoms with van der Waals surface area (Å²) < 4.78 is 0. The van der Waals surface area contributed by atoms with Crippen molar-refractivity contribution in [2.45, 2.75) is 59.5 Å². The minimum Gasteiger partial charge on any atom is -0.315 e. The van der Waals surface area contributed by atoms with E-state index in [2.05, 4.69) is 45.3 Å². The predicted octanol–water partition coefficient (Wildman–Crippen LogP) is 2.40. The van der Waals surface area contributed by atoms with Crippen LogP contribution in [0.5, 0.6) is 0 Å². The van der Waals surface area contributed by atoms with Crippen LogP contribution < -0.4 is 10.6 Å². The van der Waals surface area contributed by atoms with Crippen molar-refractivity contribution < 1.29 is 0 Å². The average Bonchev–Trinajstić information content (AvgIpc) is 2.09. The van der Waals surface area contributed by atoms with Gasteiger partial charge in [0.1, 0.15) is 0 Å². The topological polar surface area (TPSA) is 24.1 Å². The standard InChI is InChI=1S/C12H28N2/c1-6-13-9-12(14-11(4)5)8-7-10(2)3/h10-14H,6-9H2,1-5H3. The van der Waals surface area contributed by atoms with Crippen LogP contribution in [0.1, 0.15) is 47.5 Å². The Balaban J connectivity index is 3.72. The Labute approximate surface area is 89.9 Å². The first kappa shape index (κ1) is 13.9. The maximum absolute atomic E-state index is 3.61. The highest BCUT2D eigenvalue weighted by atomic mass is 15.0. The molecule has 0 aliphatic rings. The lowest BCUT2D eigenvalue weighted by molar-refractivity contribution is 0.388. The lowest BCUT2D eigenvalue weighted by Crippen LogP contribution is -2.42. The number of rotatable bonds is 8. The van der Waals surface area contributed by atoms with Gasteiger partial charge in [-0.2, -0.15) is 0 Å². The van der Waals surface area contributed by atoms with Gasteiger partial charge >= 0.3 is 0 Å². The summed E-state index contributed by atoms with van der Waals surface area (Å²) in [6.45, 7) is 13.3. The molecular formula is C12H28N2. The number of likely N-dealkylation sites (N-methyl/N-ethyl adjacent to an activating group) is 1. The highest BCUT2D eigenvalue weighted by Crippen LogP contribution is 2.06. The second kappa shape index (κ2) is 8.25. The predicted molar refractivity (Wildman–Crippen MR) is 64.7 cm³/mol. The number of hydrogen-bond acceptors (Lipinski definition) is 2. The first-order valence-electron chi connectivity index (χ1n) is 6.03. The minimum atomic E-state index is 0.589. The van der Waals surface area contributed by atoms with Crippen molar-refractivity contribution in [2.75, 3.05) is 13.1 Å². The Morgan fingerprint density at radius 3 is 2.07 bits per heavy atom. The van der Waals surface area contributed by atoms with Crippen LogP contribution in [0.2, 0.25) is 0 Å². The fourth-order valence-corrected chi connectivity index (χ4v) is 1.57. The first-order valence-corrected chi connectivity index (χ1v) is 6.03. The van der Waals surface area contributed by atoms with Crippen LogP contribution in [-0.4, -0.2) is 25.2 Å². The first-order chi connectivity index (χ1) is 6.56. The summed E-state index contributed by atoms with van der Waals surface area (Å²) in [5, 5.41) is 7.02. The van der Waals surface area contributed by atoms with E-state index in [4.69, 9.17) is 0 Å². The molecule has 0 spiro atoms. The maximum Gasteiger partial charge on any atom is 0.0194 e. The SMILES string of the molecule is CCNCC(CCC(C)C)NC(C)C. The van der Waals surface area contributed by atoms with Gasteiger partial charge in [0.2, 0.25) is 0 Å². The molecule has 2 nitrogen and oxygen atoms in total. The zero-order chi connectivity index (χ0) is 11.0. The van der Waals surface area contributed by atoms with Crippen LogP contribution in [0.4, 0.5) is 0 Å². The van der Waals surface area contributed by atoms with E-state index in [-0.39, 0.29) is 0 Å². The Kier molecular flexibility index (Phi) is 8.20. The summed E-state index contributed by atoms with van der Waals surface area (Å²) in [7, 11) is 0. The summed E-state index contributed by atoms with van der Waals surface area (Å²) in [4.78, 5) is 0. The van der Waals surface area contributed by atoms with E-state index in [9.17, 15) is 0 Å². The summed E-state index contributed by atoms with van der Waals surface area (Å²) in [6.07, 6.45) is 2.60. The molecule has 0 amide bonds. The molecule has 0 radical (unpaired) electrons. The van der Waals surface area contributed by atoms with E-state index in [1.54, 1.807) is 0 Å². The summed E-state index contributed by atoms with van der Waals surface area (Å²) in [5.74, 6) is 0.813. The molecule has 0 rings (SSSR count). The van der Waals surface area contributed by atoms with Gasteiger partial charge < -0.3 is 10.6 Å². The van der Waals surface area contributed by atoms with Crippen molar-refractivity contribution in [1.29, 1.82) is 0 Å². The van der Waals surface area contributed by atoms with Gasteiger partial charge in [-0.3, -0.25) is 0 Å². The largest absolute Gasteiger partial charge is 0.315 e.